The number of hydrogen-bond donors (Lipinski definition) is 1. The summed E-state index contributed by atoms with van der Waals surface area (Å²) in [6.07, 6.45) is 7.11. The third kappa shape index (κ3) is 5.39. The number of ether oxygens (including phenoxy) is 1. The molecule has 3 aromatic heterocycles. The number of anilines is 1. The number of aryl methyl sites for hydroxylation is 1. The number of nitrogens with one attached hydrogen (secondary N) is 1. The van der Waals surface area contributed by atoms with E-state index in [0.717, 1.165) is 36.1 Å². The van der Waals surface area contributed by atoms with Crippen molar-refractivity contribution in [3.05, 3.63) is 53.1 Å². The number of esters is 1. The molecule has 0 fully saturated rings. The average Bonchev–Trinajstić information content (AvgIpc) is 3.39. The minimum atomic E-state index is -0.372. The van der Waals surface area contributed by atoms with Crippen LogP contribution in [0.4, 0.5) is 5.00 Å². The number of rotatable bonds is 9. The van der Waals surface area contributed by atoms with Crippen LogP contribution in [0.1, 0.15) is 47.5 Å². The molecule has 0 unspecified atom stereocenters. The van der Waals surface area contributed by atoms with E-state index in [1.165, 1.54) is 23.1 Å². The van der Waals surface area contributed by atoms with Gasteiger partial charge in [0.05, 0.1) is 17.4 Å². The van der Waals surface area contributed by atoms with Crippen molar-refractivity contribution in [1.29, 1.82) is 0 Å². The average molecular weight is 498 g/mol. The number of carbonyl (C=O) groups is 2. The zero-order chi connectivity index (χ0) is 24.1. The smallest absolute Gasteiger partial charge is 0.341 e. The van der Waals surface area contributed by atoms with E-state index >= 15 is 0 Å². The van der Waals surface area contributed by atoms with Gasteiger partial charge in [-0.1, -0.05) is 23.9 Å². The molecule has 34 heavy (non-hydrogen) atoms. The van der Waals surface area contributed by atoms with Crippen molar-refractivity contribution < 1.29 is 14.3 Å². The third-order valence-corrected chi connectivity index (χ3v) is 7.40. The fourth-order valence-corrected chi connectivity index (χ4v) is 5.85. The zero-order valence-electron chi connectivity index (χ0n) is 19.2. The molecule has 0 spiro atoms. The van der Waals surface area contributed by atoms with Gasteiger partial charge in [0.1, 0.15) is 10.7 Å². The van der Waals surface area contributed by atoms with Crippen molar-refractivity contribution >= 4 is 40.0 Å². The summed E-state index contributed by atoms with van der Waals surface area (Å²) in [6.45, 7) is 7.95. The van der Waals surface area contributed by atoms with Gasteiger partial charge in [0.15, 0.2) is 11.0 Å². The van der Waals surface area contributed by atoms with E-state index in [1.807, 2.05) is 36.6 Å². The highest BCUT2D eigenvalue weighted by molar-refractivity contribution is 7.99. The fourth-order valence-electron chi connectivity index (χ4n) is 3.81. The second kappa shape index (κ2) is 11.0. The van der Waals surface area contributed by atoms with Gasteiger partial charge in [0, 0.05) is 17.6 Å². The van der Waals surface area contributed by atoms with Gasteiger partial charge < -0.3 is 10.1 Å². The largest absolute Gasteiger partial charge is 0.459 e. The van der Waals surface area contributed by atoms with Crippen LogP contribution in [-0.4, -0.2) is 43.5 Å². The number of thioether (sulfide) groups is 1. The molecule has 3 aromatic rings. The second-order valence-electron chi connectivity index (χ2n) is 8.13. The molecule has 1 aliphatic carbocycles. The van der Waals surface area contributed by atoms with Crippen molar-refractivity contribution in [2.24, 2.45) is 0 Å². The van der Waals surface area contributed by atoms with Crippen LogP contribution in [0.25, 0.3) is 11.5 Å². The molecule has 8 nitrogen and oxygen atoms in total. The van der Waals surface area contributed by atoms with E-state index in [9.17, 15) is 9.59 Å². The maximum Gasteiger partial charge on any atom is 0.341 e. The predicted molar refractivity (Wildman–Crippen MR) is 134 cm³/mol. The van der Waals surface area contributed by atoms with Crippen molar-refractivity contribution in [3.8, 4) is 11.5 Å². The quantitative estimate of drug-likeness (QED) is 0.258. The van der Waals surface area contributed by atoms with Gasteiger partial charge in [-0.25, -0.2) is 4.79 Å². The van der Waals surface area contributed by atoms with E-state index in [1.54, 1.807) is 12.3 Å². The lowest BCUT2D eigenvalue weighted by atomic mass is 9.95. The van der Waals surface area contributed by atoms with Crippen LogP contribution in [0, 0.1) is 0 Å². The van der Waals surface area contributed by atoms with Gasteiger partial charge >= 0.3 is 5.97 Å². The minimum Gasteiger partial charge on any atom is -0.459 e. The summed E-state index contributed by atoms with van der Waals surface area (Å²) in [5, 5.41) is 12.6. The molecule has 1 N–H and O–H groups in total. The standard InChI is InChI=1S/C24H27N5O3S2/c1-4-13-29-21(17-10-7-8-12-25-17)27-28-24(29)33-14-19(30)26-22-20(23(31)32-15(2)3)16-9-5-6-11-18(16)34-22/h4,7-8,10,12,15H,1,5-6,9,11,13-14H2,2-3H3,(H,26,30). The van der Waals surface area contributed by atoms with Crippen LogP contribution in [-0.2, 0) is 28.9 Å². The first-order valence-electron chi connectivity index (χ1n) is 11.2. The Morgan fingerprint density at radius 1 is 1.29 bits per heavy atom. The lowest BCUT2D eigenvalue weighted by molar-refractivity contribution is -0.113. The van der Waals surface area contributed by atoms with Gasteiger partial charge in [0.25, 0.3) is 0 Å². The molecule has 3 heterocycles. The predicted octanol–water partition coefficient (Wildman–Crippen LogP) is 4.76. The Morgan fingerprint density at radius 3 is 2.85 bits per heavy atom. The Hall–Kier alpha value is -2.98. The van der Waals surface area contributed by atoms with Crippen molar-refractivity contribution in [1.82, 2.24) is 19.7 Å². The summed E-state index contributed by atoms with van der Waals surface area (Å²) in [4.78, 5) is 31.2. The van der Waals surface area contributed by atoms with Crippen molar-refractivity contribution in [2.75, 3.05) is 11.1 Å². The monoisotopic (exact) mass is 497 g/mol. The Morgan fingerprint density at radius 2 is 2.12 bits per heavy atom. The molecular weight excluding hydrogens is 470 g/mol. The molecule has 178 valence electrons. The number of thiophene rings is 1. The third-order valence-electron chi connectivity index (χ3n) is 5.23. The highest BCUT2D eigenvalue weighted by atomic mass is 32.2. The van der Waals surface area contributed by atoms with Crippen LogP contribution in [0.3, 0.4) is 0 Å². The van der Waals surface area contributed by atoms with E-state index in [2.05, 4.69) is 27.1 Å². The van der Waals surface area contributed by atoms with Crippen molar-refractivity contribution in [2.45, 2.75) is 57.3 Å². The number of aromatic nitrogens is 4. The number of amides is 1. The van der Waals surface area contributed by atoms with Crippen LogP contribution in [0.2, 0.25) is 0 Å². The molecule has 4 rings (SSSR count). The SMILES string of the molecule is C=CCn1c(SCC(=O)Nc2sc3c(c2C(=O)OC(C)C)CCCC3)nnc1-c1ccccn1. The minimum absolute atomic E-state index is 0.124. The van der Waals surface area contributed by atoms with Gasteiger partial charge in [0.2, 0.25) is 5.91 Å². The second-order valence-corrected chi connectivity index (χ2v) is 10.2. The molecule has 10 heteroatoms. The lowest BCUT2D eigenvalue weighted by Gasteiger charge is -2.14. The van der Waals surface area contributed by atoms with Gasteiger partial charge in [-0.15, -0.1) is 28.1 Å². The normalized spacial score (nSPS) is 12.9. The first-order valence-corrected chi connectivity index (χ1v) is 13.0. The zero-order valence-corrected chi connectivity index (χ0v) is 20.9. The Labute approximate surface area is 206 Å². The summed E-state index contributed by atoms with van der Waals surface area (Å²) in [5.41, 5.74) is 2.24. The maximum atomic E-state index is 12.9. The number of fused-ring (bicyclic) bond motifs is 1. The molecule has 0 bridgehead atoms. The van der Waals surface area contributed by atoms with Gasteiger partial charge in [-0.05, 0) is 57.2 Å². The van der Waals surface area contributed by atoms with Crippen molar-refractivity contribution in [3.63, 3.8) is 0 Å². The van der Waals surface area contributed by atoms with Gasteiger partial charge in [-0.2, -0.15) is 0 Å². The Bertz CT molecular complexity index is 1190. The van der Waals surface area contributed by atoms with Crippen LogP contribution in [0.5, 0.6) is 0 Å². The van der Waals surface area contributed by atoms with E-state index in [0.29, 0.717) is 33.8 Å². The molecule has 1 amide bonds. The molecule has 0 aliphatic heterocycles. The highest BCUT2D eigenvalue weighted by Crippen LogP contribution is 2.39. The van der Waals surface area contributed by atoms with Crippen LogP contribution in [0.15, 0.2) is 42.2 Å². The van der Waals surface area contributed by atoms with E-state index < -0.39 is 0 Å². The molecule has 0 saturated carbocycles. The fraction of sp³-hybridized carbons (Fsp3) is 0.375. The molecule has 0 saturated heterocycles. The highest BCUT2D eigenvalue weighted by Gasteiger charge is 2.28. The summed E-state index contributed by atoms with van der Waals surface area (Å²) >= 11 is 2.76. The number of carbonyl (C=O) groups excluding carboxylic acids is 2. The lowest BCUT2D eigenvalue weighted by Crippen LogP contribution is -2.19. The molecule has 0 aromatic carbocycles. The number of pyridine rings is 1. The van der Waals surface area contributed by atoms with E-state index in [-0.39, 0.29) is 23.7 Å². The molecule has 1 aliphatic rings. The number of hydrogen-bond acceptors (Lipinski definition) is 8. The number of nitrogens with zero attached hydrogens (tertiary/aromatic N) is 4. The maximum absolute atomic E-state index is 12.9. The molecule has 0 radical (unpaired) electrons. The summed E-state index contributed by atoms with van der Waals surface area (Å²) in [5.74, 6) is 0.157. The Balaban J connectivity index is 1.50. The van der Waals surface area contributed by atoms with Crippen LogP contribution >= 0.6 is 23.1 Å². The Kier molecular flexibility index (Phi) is 7.79. The summed E-state index contributed by atoms with van der Waals surface area (Å²) < 4.78 is 7.35. The van der Waals surface area contributed by atoms with Crippen LogP contribution < -0.4 is 5.32 Å². The first kappa shape index (κ1) is 24.2. The number of allylic oxidation sites excluding steroid dienone is 1. The molecular formula is C24H27N5O3S2. The van der Waals surface area contributed by atoms with E-state index in [4.69, 9.17) is 4.74 Å². The first-order chi connectivity index (χ1) is 16.5. The molecule has 0 atom stereocenters. The summed E-state index contributed by atoms with van der Waals surface area (Å²) in [7, 11) is 0. The topological polar surface area (TPSA) is 99.0 Å². The van der Waals surface area contributed by atoms with Gasteiger partial charge in [-0.3, -0.25) is 14.3 Å². The summed E-state index contributed by atoms with van der Waals surface area (Å²) in [6, 6.07) is 5.59.